The quantitative estimate of drug-likeness (QED) is 0.490. The van der Waals surface area contributed by atoms with Gasteiger partial charge in [0.2, 0.25) is 21.8 Å². The summed E-state index contributed by atoms with van der Waals surface area (Å²) in [7, 11) is -0.356. The van der Waals surface area contributed by atoms with Crippen LogP contribution in [-0.4, -0.2) is 81.4 Å². The van der Waals surface area contributed by atoms with Gasteiger partial charge < -0.3 is 19.9 Å². The Balaban J connectivity index is 2.94. The second-order valence-electron chi connectivity index (χ2n) is 8.70. The molecule has 1 rings (SSSR count). The summed E-state index contributed by atoms with van der Waals surface area (Å²) < 4.78 is 33.1. The highest BCUT2D eigenvalue weighted by Crippen LogP contribution is 2.15. The minimum absolute atomic E-state index is 0.0572. The third-order valence-electron chi connectivity index (χ3n) is 4.06. The Morgan fingerprint density at radius 1 is 1.06 bits per heavy atom. The fourth-order valence-electron chi connectivity index (χ4n) is 2.66. The number of rotatable bonds is 10. The zero-order valence-corrected chi connectivity index (χ0v) is 20.6. The highest BCUT2D eigenvalue weighted by atomic mass is 32.2. The lowest BCUT2D eigenvalue weighted by atomic mass is 10.2. The first kappa shape index (κ1) is 27.5. The lowest BCUT2D eigenvalue weighted by Gasteiger charge is -2.28. The van der Waals surface area contributed by atoms with Gasteiger partial charge >= 0.3 is 5.97 Å². The summed E-state index contributed by atoms with van der Waals surface area (Å²) in [5, 5.41) is 2.55. The molecule has 0 spiro atoms. The van der Waals surface area contributed by atoms with E-state index in [4.69, 9.17) is 4.74 Å². The number of carbonyl (C=O) groups excluding carboxylic acids is 3. The molecule has 0 saturated heterocycles. The van der Waals surface area contributed by atoms with Crippen molar-refractivity contribution in [2.24, 2.45) is 0 Å². The van der Waals surface area contributed by atoms with Crippen molar-refractivity contribution >= 4 is 33.5 Å². The minimum atomic E-state index is -4.01. The second kappa shape index (κ2) is 11.4. The second-order valence-corrected chi connectivity index (χ2v) is 10.4. The molecule has 11 heteroatoms. The first-order valence-electron chi connectivity index (χ1n) is 10.2. The van der Waals surface area contributed by atoms with E-state index < -0.39 is 33.5 Å². The topological polar surface area (TPSA) is 125 Å². The smallest absolute Gasteiger partial charge is 0.326 e. The van der Waals surface area contributed by atoms with Crippen LogP contribution in [0.25, 0.3) is 0 Å². The Hall–Kier alpha value is -2.50. The number of benzene rings is 1. The predicted molar refractivity (Wildman–Crippen MR) is 122 cm³/mol. The molecule has 0 unspecified atom stereocenters. The maximum absolute atomic E-state index is 13.0. The van der Waals surface area contributed by atoms with E-state index >= 15 is 0 Å². The van der Waals surface area contributed by atoms with Crippen LogP contribution in [0.5, 0.6) is 0 Å². The molecule has 180 valence electrons. The Labute approximate surface area is 190 Å². The molecule has 2 N–H and O–H groups in total. The average Bonchev–Trinajstić information content (AvgIpc) is 2.62. The van der Waals surface area contributed by atoms with E-state index in [1.54, 1.807) is 20.8 Å². The van der Waals surface area contributed by atoms with Crippen LogP contribution < -0.4 is 10.0 Å². The van der Waals surface area contributed by atoms with Gasteiger partial charge in [-0.2, -0.15) is 4.72 Å². The third kappa shape index (κ3) is 9.75. The third-order valence-corrected chi connectivity index (χ3v) is 5.61. The number of carbonyl (C=O) groups is 3. The monoisotopic (exact) mass is 470 g/mol. The van der Waals surface area contributed by atoms with Gasteiger partial charge in [-0.1, -0.05) is 0 Å². The van der Waals surface area contributed by atoms with E-state index in [0.29, 0.717) is 12.2 Å². The molecule has 0 bridgehead atoms. The molecule has 10 nitrogen and oxygen atoms in total. The number of hydrogen-bond acceptors (Lipinski definition) is 7. The highest BCUT2D eigenvalue weighted by Gasteiger charge is 2.28. The standard InChI is InChI=1S/C21H34N4O6S/c1-15(23-32(29,30)18-10-8-17(9-11-18)22-16(2)26)20(28)25(13-12-24(6)7)14-19(27)31-21(3,4)5/h8-11,15,23H,12-14H2,1-7H3,(H,22,26)/t15-/m0/s1. The van der Waals surface area contributed by atoms with E-state index in [1.165, 1.54) is 43.0 Å². The van der Waals surface area contributed by atoms with Gasteiger partial charge in [0.1, 0.15) is 12.1 Å². The number of sulfonamides is 1. The molecule has 0 aromatic heterocycles. The summed E-state index contributed by atoms with van der Waals surface area (Å²) >= 11 is 0. The van der Waals surface area contributed by atoms with Gasteiger partial charge in [0.05, 0.1) is 10.9 Å². The Bertz CT molecular complexity index is 907. The first-order valence-corrected chi connectivity index (χ1v) is 11.6. The van der Waals surface area contributed by atoms with Gasteiger partial charge in [-0.15, -0.1) is 0 Å². The van der Waals surface area contributed by atoms with Crippen molar-refractivity contribution in [1.29, 1.82) is 0 Å². The summed E-state index contributed by atoms with van der Waals surface area (Å²) in [4.78, 5) is 39.4. The molecule has 0 aliphatic rings. The first-order chi connectivity index (χ1) is 14.6. The zero-order chi connectivity index (χ0) is 24.7. The van der Waals surface area contributed by atoms with Gasteiger partial charge in [-0.25, -0.2) is 8.42 Å². The molecular weight excluding hydrogens is 436 g/mol. The van der Waals surface area contributed by atoms with Crippen LogP contribution in [0.2, 0.25) is 0 Å². The van der Waals surface area contributed by atoms with Gasteiger partial charge in [0.25, 0.3) is 0 Å². The van der Waals surface area contributed by atoms with Gasteiger partial charge in [0, 0.05) is 25.7 Å². The fraction of sp³-hybridized carbons (Fsp3) is 0.571. The number of likely N-dealkylation sites (N-methyl/N-ethyl adjacent to an activating group) is 1. The number of nitrogens with one attached hydrogen (secondary N) is 2. The largest absolute Gasteiger partial charge is 0.459 e. The van der Waals surface area contributed by atoms with Crippen LogP contribution >= 0.6 is 0 Å². The number of nitrogens with zero attached hydrogens (tertiary/aromatic N) is 2. The van der Waals surface area contributed by atoms with E-state index in [2.05, 4.69) is 10.0 Å². The van der Waals surface area contributed by atoms with Crippen molar-refractivity contribution in [2.45, 2.75) is 51.2 Å². The molecule has 0 fully saturated rings. The van der Waals surface area contributed by atoms with Crippen molar-refractivity contribution in [2.75, 3.05) is 39.0 Å². The van der Waals surface area contributed by atoms with Crippen LogP contribution in [0.15, 0.2) is 29.2 Å². The number of esters is 1. The number of amides is 2. The summed E-state index contributed by atoms with van der Waals surface area (Å²) in [6.45, 7) is 8.37. The molecule has 1 aromatic rings. The van der Waals surface area contributed by atoms with Gasteiger partial charge in [-0.3, -0.25) is 14.4 Å². The zero-order valence-electron chi connectivity index (χ0n) is 19.8. The maximum Gasteiger partial charge on any atom is 0.326 e. The lowest BCUT2D eigenvalue weighted by Crippen LogP contribution is -2.50. The van der Waals surface area contributed by atoms with Crippen LogP contribution in [0.1, 0.15) is 34.6 Å². The summed E-state index contributed by atoms with van der Waals surface area (Å²) in [6, 6.07) is 4.45. The van der Waals surface area contributed by atoms with Crippen LogP contribution in [0.3, 0.4) is 0 Å². The lowest BCUT2D eigenvalue weighted by molar-refractivity contribution is -0.159. The molecule has 1 aromatic carbocycles. The van der Waals surface area contributed by atoms with Gasteiger partial charge in [-0.05, 0) is 66.1 Å². The van der Waals surface area contributed by atoms with E-state index in [1.807, 2.05) is 19.0 Å². The molecule has 2 amide bonds. The molecule has 0 aliphatic heterocycles. The molecule has 0 aliphatic carbocycles. The highest BCUT2D eigenvalue weighted by molar-refractivity contribution is 7.89. The Morgan fingerprint density at radius 2 is 1.62 bits per heavy atom. The molecule has 0 saturated carbocycles. The van der Waals surface area contributed by atoms with Crippen molar-refractivity contribution in [3.05, 3.63) is 24.3 Å². The van der Waals surface area contributed by atoms with E-state index in [-0.39, 0.29) is 23.9 Å². The molecule has 1 atom stereocenters. The van der Waals surface area contributed by atoms with Crippen molar-refractivity contribution in [1.82, 2.24) is 14.5 Å². The SMILES string of the molecule is CC(=O)Nc1ccc(S(=O)(=O)N[C@@H](C)C(=O)N(CCN(C)C)CC(=O)OC(C)(C)C)cc1. The Morgan fingerprint density at radius 3 is 2.09 bits per heavy atom. The molecular formula is C21H34N4O6S. The van der Waals surface area contributed by atoms with Crippen LogP contribution in [0, 0.1) is 0 Å². The fourth-order valence-corrected chi connectivity index (χ4v) is 3.86. The number of ether oxygens (including phenoxy) is 1. The van der Waals surface area contributed by atoms with Crippen LogP contribution in [0.4, 0.5) is 5.69 Å². The minimum Gasteiger partial charge on any atom is -0.459 e. The predicted octanol–water partition coefficient (Wildman–Crippen LogP) is 1.04. The van der Waals surface area contributed by atoms with E-state index in [0.717, 1.165) is 0 Å². The molecule has 0 radical (unpaired) electrons. The van der Waals surface area contributed by atoms with E-state index in [9.17, 15) is 22.8 Å². The van der Waals surface area contributed by atoms with Crippen LogP contribution in [-0.2, 0) is 29.1 Å². The molecule has 32 heavy (non-hydrogen) atoms. The Kier molecular flexibility index (Phi) is 9.80. The number of hydrogen-bond donors (Lipinski definition) is 2. The summed E-state index contributed by atoms with van der Waals surface area (Å²) in [5.41, 5.74) is -0.253. The van der Waals surface area contributed by atoms with Crippen molar-refractivity contribution in [3.8, 4) is 0 Å². The maximum atomic E-state index is 13.0. The van der Waals surface area contributed by atoms with Crippen molar-refractivity contribution in [3.63, 3.8) is 0 Å². The molecule has 0 heterocycles. The average molecular weight is 471 g/mol. The normalized spacial score (nSPS) is 12.9. The number of anilines is 1. The van der Waals surface area contributed by atoms with Gasteiger partial charge in [0.15, 0.2) is 0 Å². The van der Waals surface area contributed by atoms with Crippen molar-refractivity contribution < 1.29 is 27.5 Å². The summed E-state index contributed by atoms with van der Waals surface area (Å²) in [6.07, 6.45) is 0. The summed E-state index contributed by atoms with van der Waals surface area (Å²) in [5.74, 6) is -1.40.